The fraction of sp³-hybridized carbons (Fsp3) is 0.417. The number of sulfonamides is 1. The third-order valence-corrected chi connectivity index (χ3v) is 7.12. The monoisotopic (exact) mass is 559 g/mol. The van der Waals surface area contributed by atoms with Gasteiger partial charge in [0, 0.05) is 29.2 Å². The molecule has 1 atom stereocenters. The first-order valence-corrected chi connectivity index (χ1v) is 13.7. The molecule has 0 saturated carbocycles. The summed E-state index contributed by atoms with van der Waals surface area (Å²) in [6, 6.07) is 8.52. The van der Waals surface area contributed by atoms with Gasteiger partial charge in [0.2, 0.25) is 21.8 Å². The molecule has 2 aromatic carbocycles. The molecule has 1 N–H and O–H groups in total. The predicted molar refractivity (Wildman–Crippen MR) is 142 cm³/mol. The van der Waals surface area contributed by atoms with E-state index in [-0.39, 0.29) is 23.9 Å². The fourth-order valence-corrected chi connectivity index (χ4v) is 4.71. The maximum Gasteiger partial charge on any atom is 0.244 e. The highest BCUT2D eigenvalue weighted by Crippen LogP contribution is 2.34. The SMILES string of the molecule is CCCNC(=O)[C@@H](C)N(Cc1ccc(Cl)cc1Cl)C(=O)CN(c1cc(OC)ccc1OC)S(C)(=O)=O. The van der Waals surface area contributed by atoms with E-state index in [1.54, 1.807) is 31.2 Å². The average molecular weight is 561 g/mol. The molecular formula is C24H31Cl2N3O6S. The Kier molecular flexibility index (Phi) is 10.7. The Hall–Kier alpha value is -2.69. The van der Waals surface area contributed by atoms with Crippen molar-refractivity contribution in [1.82, 2.24) is 10.2 Å². The molecule has 0 radical (unpaired) electrons. The zero-order valence-corrected chi connectivity index (χ0v) is 23.2. The van der Waals surface area contributed by atoms with Crippen LogP contribution in [0.4, 0.5) is 5.69 Å². The Morgan fingerprint density at radius 1 is 1.08 bits per heavy atom. The van der Waals surface area contributed by atoms with Crippen LogP contribution < -0.4 is 19.1 Å². The van der Waals surface area contributed by atoms with Crippen LogP contribution in [0.1, 0.15) is 25.8 Å². The molecule has 2 rings (SSSR count). The number of halogens is 2. The number of nitrogens with one attached hydrogen (secondary N) is 1. The van der Waals surface area contributed by atoms with Gasteiger partial charge in [0.05, 0.1) is 26.2 Å². The second-order valence-electron chi connectivity index (χ2n) is 8.03. The van der Waals surface area contributed by atoms with Crippen molar-refractivity contribution in [3.05, 3.63) is 52.0 Å². The van der Waals surface area contributed by atoms with Crippen LogP contribution in [-0.2, 0) is 26.2 Å². The van der Waals surface area contributed by atoms with E-state index in [2.05, 4.69) is 5.32 Å². The number of anilines is 1. The molecule has 12 heteroatoms. The molecule has 2 amide bonds. The molecular weight excluding hydrogens is 529 g/mol. The summed E-state index contributed by atoms with van der Waals surface area (Å²) in [5.74, 6) is -0.380. The van der Waals surface area contributed by atoms with E-state index >= 15 is 0 Å². The number of ether oxygens (including phenoxy) is 2. The largest absolute Gasteiger partial charge is 0.497 e. The second kappa shape index (κ2) is 13.0. The van der Waals surface area contributed by atoms with Crippen LogP contribution >= 0.6 is 23.2 Å². The van der Waals surface area contributed by atoms with E-state index < -0.39 is 28.5 Å². The van der Waals surface area contributed by atoms with Gasteiger partial charge in [0.1, 0.15) is 24.1 Å². The summed E-state index contributed by atoms with van der Waals surface area (Å²) in [7, 11) is -1.11. The van der Waals surface area contributed by atoms with Crippen molar-refractivity contribution in [2.24, 2.45) is 0 Å². The normalized spacial score (nSPS) is 12.0. The van der Waals surface area contributed by atoms with E-state index in [4.69, 9.17) is 32.7 Å². The summed E-state index contributed by atoms with van der Waals surface area (Å²) in [6.07, 6.45) is 1.70. The van der Waals surface area contributed by atoms with Crippen LogP contribution in [0.25, 0.3) is 0 Å². The van der Waals surface area contributed by atoms with Gasteiger partial charge < -0.3 is 19.7 Å². The third kappa shape index (κ3) is 7.65. The summed E-state index contributed by atoms with van der Waals surface area (Å²) >= 11 is 12.3. The lowest BCUT2D eigenvalue weighted by Crippen LogP contribution is -2.51. The number of carbonyl (C=O) groups is 2. The maximum absolute atomic E-state index is 13.6. The Bertz CT molecular complexity index is 1190. The Morgan fingerprint density at radius 3 is 2.33 bits per heavy atom. The lowest BCUT2D eigenvalue weighted by molar-refractivity contribution is -0.139. The van der Waals surface area contributed by atoms with Gasteiger partial charge in [0.15, 0.2) is 0 Å². The van der Waals surface area contributed by atoms with Crippen molar-refractivity contribution in [2.45, 2.75) is 32.9 Å². The molecule has 0 saturated heterocycles. The number of hydrogen-bond donors (Lipinski definition) is 1. The van der Waals surface area contributed by atoms with Gasteiger partial charge in [-0.25, -0.2) is 8.42 Å². The number of rotatable bonds is 12. The van der Waals surface area contributed by atoms with Crippen LogP contribution in [0.5, 0.6) is 11.5 Å². The van der Waals surface area contributed by atoms with Gasteiger partial charge in [0.25, 0.3) is 0 Å². The quantitative estimate of drug-likeness (QED) is 0.425. The van der Waals surface area contributed by atoms with Crippen LogP contribution in [0, 0.1) is 0 Å². The summed E-state index contributed by atoms with van der Waals surface area (Å²) in [6.45, 7) is 3.29. The van der Waals surface area contributed by atoms with Gasteiger partial charge in [-0.15, -0.1) is 0 Å². The van der Waals surface area contributed by atoms with Crippen molar-refractivity contribution in [2.75, 3.05) is 37.9 Å². The highest BCUT2D eigenvalue weighted by Gasteiger charge is 2.31. The Morgan fingerprint density at radius 2 is 1.78 bits per heavy atom. The first-order valence-electron chi connectivity index (χ1n) is 11.1. The molecule has 0 aliphatic carbocycles. The average Bonchev–Trinajstić information content (AvgIpc) is 2.83. The van der Waals surface area contributed by atoms with E-state index in [1.165, 1.54) is 31.3 Å². The van der Waals surface area contributed by atoms with Crippen LogP contribution in [-0.4, -0.2) is 64.7 Å². The van der Waals surface area contributed by atoms with Crippen molar-refractivity contribution in [3.63, 3.8) is 0 Å². The zero-order valence-electron chi connectivity index (χ0n) is 20.9. The number of methoxy groups -OCH3 is 2. The number of benzene rings is 2. The van der Waals surface area contributed by atoms with Gasteiger partial charge in [-0.1, -0.05) is 36.2 Å². The minimum Gasteiger partial charge on any atom is -0.497 e. The summed E-state index contributed by atoms with van der Waals surface area (Å²) in [5, 5.41) is 3.51. The lowest BCUT2D eigenvalue weighted by Gasteiger charge is -2.32. The number of amides is 2. The smallest absolute Gasteiger partial charge is 0.244 e. The molecule has 0 spiro atoms. The Labute approximate surface area is 222 Å². The predicted octanol–water partition coefficient (Wildman–Crippen LogP) is 3.72. The van der Waals surface area contributed by atoms with E-state index in [0.717, 1.165) is 10.6 Å². The molecule has 198 valence electrons. The number of carbonyl (C=O) groups excluding carboxylic acids is 2. The van der Waals surface area contributed by atoms with Crippen molar-refractivity contribution in [1.29, 1.82) is 0 Å². The molecule has 0 aliphatic heterocycles. The summed E-state index contributed by atoms with van der Waals surface area (Å²) < 4.78 is 37.1. The highest BCUT2D eigenvalue weighted by atomic mass is 35.5. The molecule has 0 aromatic heterocycles. The standard InChI is InChI=1S/C24H31Cl2N3O6S/c1-6-11-27-24(31)16(2)28(14-17-7-8-18(25)12-20(17)26)23(30)15-29(36(5,32)33)21-13-19(34-3)9-10-22(21)35-4/h7-10,12-13,16H,6,11,14-15H2,1-5H3,(H,27,31)/t16-/m1/s1. The molecule has 0 bridgehead atoms. The number of hydrogen-bond acceptors (Lipinski definition) is 6. The summed E-state index contributed by atoms with van der Waals surface area (Å²) in [5.41, 5.74) is 0.676. The van der Waals surface area contributed by atoms with E-state index in [0.29, 0.717) is 34.3 Å². The molecule has 0 aliphatic rings. The van der Waals surface area contributed by atoms with Gasteiger partial charge in [-0.2, -0.15) is 0 Å². The minimum atomic E-state index is -3.94. The Balaban J connectivity index is 2.50. The van der Waals surface area contributed by atoms with E-state index in [1.807, 2.05) is 6.92 Å². The topological polar surface area (TPSA) is 105 Å². The van der Waals surface area contributed by atoms with Crippen LogP contribution in [0.3, 0.4) is 0 Å². The van der Waals surface area contributed by atoms with Gasteiger partial charge >= 0.3 is 0 Å². The fourth-order valence-electron chi connectivity index (χ4n) is 3.40. The minimum absolute atomic E-state index is 0.0393. The molecule has 2 aromatic rings. The lowest BCUT2D eigenvalue weighted by atomic mass is 10.1. The van der Waals surface area contributed by atoms with Crippen molar-refractivity contribution in [3.8, 4) is 11.5 Å². The molecule has 0 heterocycles. The van der Waals surface area contributed by atoms with Crippen molar-refractivity contribution >= 4 is 50.7 Å². The zero-order chi connectivity index (χ0) is 27.0. The third-order valence-electron chi connectivity index (χ3n) is 5.41. The van der Waals surface area contributed by atoms with Gasteiger partial charge in [-0.05, 0) is 43.2 Å². The van der Waals surface area contributed by atoms with E-state index in [9.17, 15) is 18.0 Å². The molecule has 0 fully saturated rings. The molecule has 9 nitrogen and oxygen atoms in total. The van der Waals surface area contributed by atoms with Crippen molar-refractivity contribution < 1.29 is 27.5 Å². The molecule has 0 unspecified atom stereocenters. The maximum atomic E-state index is 13.6. The first-order chi connectivity index (χ1) is 16.9. The van der Waals surface area contributed by atoms with Crippen LogP contribution in [0.2, 0.25) is 10.0 Å². The summed E-state index contributed by atoms with van der Waals surface area (Å²) in [4.78, 5) is 27.7. The van der Waals surface area contributed by atoms with Crippen LogP contribution in [0.15, 0.2) is 36.4 Å². The first kappa shape index (κ1) is 29.5. The second-order valence-corrected chi connectivity index (χ2v) is 10.8. The molecule has 36 heavy (non-hydrogen) atoms. The number of nitrogens with zero attached hydrogens (tertiary/aromatic N) is 2. The van der Waals surface area contributed by atoms with Gasteiger partial charge in [-0.3, -0.25) is 13.9 Å². The highest BCUT2D eigenvalue weighted by molar-refractivity contribution is 7.92.